The van der Waals surface area contributed by atoms with Crippen molar-refractivity contribution in [3.05, 3.63) is 71.2 Å². The van der Waals surface area contributed by atoms with Gasteiger partial charge in [-0.3, -0.25) is 4.90 Å². The SMILES string of the molecule is COc1ccc2ccccc2c1CN1CCC(NS(=O)(=O)c2ccccc2Cl)C1. The molecule has 1 fully saturated rings. The van der Waals surface area contributed by atoms with E-state index in [1.165, 1.54) is 11.5 Å². The number of hydrogen-bond acceptors (Lipinski definition) is 4. The highest BCUT2D eigenvalue weighted by atomic mass is 35.5. The molecule has 5 nitrogen and oxygen atoms in total. The number of sulfonamides is 1. The van der Waals surface area contributed by atoms with Gasteiger partial charge in [-0.2, -0.15) is 0 Å². The van der Waals surface area contributed by atoms with Crippen LogP contribution in [0.4, 0.5) is 0 Å². The van der Waals surface area contributed by atoms with E-state index in [4.69, 9.17) is 16.3 Å². The van der Waals surface area contributed by atoms with Gasteiger partial charge in [-0.1, -0.05) is 54.1 Å². The van der Waals surface area contributed by atoms with Crippen molar-refractivity contribution in [1.82, 2.24) is 9.62 Å². The Labute approximate surface area is 176 Å². The fourth-order valence-corrected chi connectivity index (χ4v) is 5.69. The molecule has 1 atom stereocenters. The molecule has 0 amide bonds. The second-order valence-corrected chi connectivity index (χ2v) is 9.33. The van der Waals surface area contributed by atoms with E-state index >= 15 is 0 Å². The van der Waals surface area contributed by atoms with Gasteiger partial charge in [-0.25, -0.2) is 13.1 Å². The van der Waals surface area contributed by atoms with E-state index in [0.717, 1.165) is 29.7 Å². The first kappa shape index (κ1) is 20.2. The third kappa shape index (κ3) is 4.26. The van der Waals surface area contributed by atoms with Crippen molar-refractivity contribution in [2.45, 2.75) is 23.9 Å². The zero-order valence-electron chi connectivity index (χ0n) is 16.1. The Balaban J connectivity index is 1.50. The number of nitrogens with one attached hydrogen (secondary N) is 1. The largest absolute Gasteiger partial charge is 0.496 e. The quantitative estimate of drug-likeness (QED) is 0.640. The summed E-state index contributed by atoms with van der Waals surface area (Å²) < 4.78 is 33.8. The summed E-state index contributed by atoms with van der Waals surface area (Å²) in [7, 11) is -1.97. The molecule has 0 aliphatic carbocycles. The van der Waals surface area contributed by atoms with Crippen LogP contribution in [0, 0.1) is 0 Å². The molecule has 1 aliphatic heterocycles. The average molecular weight is 431 g/mol. The highest BCUT2D eigenvalue weighted by Crippen LogP contribution is 2.30. The summed E-state index contributed by atoms with van der Waals surface area (Å²) in [5.41, 5.74) is 1.13. The number of halogens is 1. The molecular weight excluding hydrogens is 408 g/mol. The standard InChI is InChI=1S/C22H23ClN2O3S/c1-28-21-11-10-16-6-2-3-7-18(16)19(21)15-25-13-12-17(14-25)24-29(26,27)22-9-5-4-8-20(22)23/h2-11,17,24H,12-15H2,1H3. The topological polar surface area (TPSA) is 58.6 Å². The zero-order valence-corrected chi connectivity index (χ0v) is 17.7. The summed E-state index contributed by atoms with van der Waals surface area (Å²) in [6.07, 6.45) is 0.747. The molecule has 7 heteroatoms. The van der Waals surface area contributed by atoms with Crippen molar-refractivity contribution in [3.8, 4) is 5.75 Å². The summed E-state index contributed by atoms with van der Waals surface area (Å²) in [6.45, 7) is 2.15. The van der Waals surface area contributed by atoms with Crippen LogP contribution in [0.2, 0.25) is 5.02 Å². The first-order valence-electron chi connectivity index (χ1n) is 9.52. The molecule has 0 bridgehead atoms. The van der Waals surface area contributed by atoms with Crippen LogP contribution in [-0.4, -0.2) is 39.6 Å². The van der Waals surface area contributed by atoms with Crippen LogP contribution in [-0.2, 0) is 16.6 Å². The predicted molar refractivity (Wildman–Crippen MR) is 116 cm³/mol. The molecule has 1 N–H and O–H groups in total. The Bertz CT molecular complexity index is 1130. The Morgan fingerprint density at radius 1 is 1.10 bits per heavy atom. The van der Waals surface area contributed by atoms with Gasteiger partial charge in [0.25, 0.3) is 0 Å². The van der Waals surface area contributed by atoms with Gasteiger partial charge in [0.15, 0.2) is 0 Å². The van der Waals surface area contributed by atoms with Gasteiger partial charge in [0, 0.05) is 31.2 Å². The number of likely N-dealkylation sites (tertiary alicyclic amines) is 1. The molecule has 1 unspecified atom stereocenters. The van der Waals surface area contributed by atoms with Crippen molar-refractivity contribution in [3.63, 3.8) is 0 Å². The number of rotatable bonds is 6. The van der Waals surface area contributed by atoms with Crippen molar-refractivity contribution in [2.75, 3.05) is 20.2 Å². The maximum atomic E-state index is 12.7. The fraction of sp³-hybridized carbons (Fsp3) is 0.273. The van der Waals surface area contributed by atoms with Gasteiger partial charge in [0.1, 0.15) is 10.6 Å². The molecule has 1 heterocycles. The van der Waals surface area contributed by atoms with E-state index < -0.39 is 10.0 Å². The number of fused-ring (bicyclic) bond motifs is 1. The van der Waals surface area contributed by atoms with Crippen LogP contribution in [0.3, 0.4) is 0 Å². The highest BCUT2D eigenvalue weighted by Gasteiger charge is 2.29. The molecule has 0 aromatic heterocycles. The van der Waals surface area contributed by atoms with E-state index in [-0.39, 0.29) is 16.0 Å². The normalized spacial score (nSPS) is 17.7. The molecular formula is C22H23ClN2O3S. The van der Waals surface area contributed by atoms with Crippen LogP contribution >= 0.6 is 11.6 Å². The molecule has 0 saturated carbocycles. The Morgan fingerprint density at radius 2 is 1.86 bits per heavy atom. The summed E-state index contributed by atoms with van der Waals surface area (Å²) in [5, 5.41) is 2.56. The van der Waals surface area contributed by atoms with Gasteiger partial charge >= 0.3 is 0 Å². The van der Waals surface area contributed by atoms with E-state index in [1.54, 1.807) is 25.3 Å². The minimum absolute atomic E-state index is 0.121. The van der Waals surface area contributed by atoms with Crippen molar-refractivity contribution in [2.24, 2.45) is 0 Å². The number of benzene rings is 3. The van der Waals surface area contributed by atoms with E-state index in [0.29, 0.717) is 13.1 Å². The van der Waals surface area contributed by atoms with Gasteiger partial charge < -0.3 is 4.74 Å². The van der Waals surface area contributed by atoms with Crippen LogP contribution in [0.15, 0.2) is 65.6 Å². The van der Waals surface area contributed by atoms with Gasteiger partial charge in [0.05, 0.1) is 12.1 Å². The fourth-order valence-electron chi connectivity index (χ4n) is 3.91. The lowest BCUT2D eigenvalue weighted by atomic mass is 10.0. The molecule has 4 rings (SSSR count). The number of methoxy groups -OCH3 is 1. The predicted octanol–water partition coefficient (Wildman–Crippen LogP) is 4.05. The molecule has 3 aromatic carbocycles. The second kappa shape index (κ2) is 8.32. The lowest BCUT2D eigenvalue weighted by molar-refractivity contribution is 0.316. The van der Waals surface area contributed by atoms with Crippen molar-refractivity contribution in [1.29, 1.82) is 0 Å². The summed E-state index contributed by atoms with van der Waals surface area (Å²) in [4.78, 5) is 2.38. The van der Waals surface area contributed by atoms with E-state index in [2.05, 4.69) is 27.8 Å². The average Bonchev–Trinajstić information content (AvgIpc) is 3.14. The Morgan fingerprint density at radius 3 is 2.66 bits per heavy atom. The molecule has 152 valence electrons. The maximum Gasteiger partial charge on any atom is 0.242 e. The molecule has 1 saturated heterocycles. The van der Waals surface area contributed by atoms with Crippen LogP contribution in [0.5, 0.6) is 5.75 Å². The van der Waals surface area contributed by atoms with E-state index in [9.17, 15) is 8.42 Å². The lowest BCUT2D eigenvalue weighted by Crippen LogP contribution is -2.37. The van der Waals surface area contributed by atoms with Gasteiger partial charge in [-0.15, -0.1) is 0 Å². The van der Waals surface area contributed by atoms with Crippen LogP contribution < -0.4 is 9.46 Å². The van der Waals surface area contributed by atoms with Gasteiger partial charge in [-0.05, 0) is 35.4 Å². The van der Waals surface area contributed by atoms with Crippen LogP contribution in [0.25, 0.3) is 10.8 Å². The molecule has 3 aromatic rings. The lowest BCUT2D eigenvalue weighted by Gasteiger charge is -2.20. The van der Waals surface area contributed by atoms with E-state index in [1.807, 2.05) is 18.2 Å². The first-order valence-corrected chi connectivity index (χ1v) is 11.4. The van der Waals surface area contributed by atoms with Crippen molar-refractivity contribution >= 4 is 32.4 Å². The third-order valence-corrected chi connectivity index (χ3v) is 7.34. The number of ether oxygens (including phenoxy) is 1. The Kier molecular flexibility index (Phi) is 5.79. The molecule has 29 heavy (non-hydrogen) atoms. The maximum absolute atomic E-state index is 12.7. The minimum atomic E-state index is -3.65. The van der Waals surface area contributed by atoms with Crippen molar-refractivity contribution < 1.29 is 13.2 Å². The monoisotopic (exact) mass is 430 g/mol. The summed E-state index contributed by atoms with van der Waals surface area (Å²) in [6, 6.07) is 18.6. The second-order valence-electron chi connectivity index (χ2n) is 7.24. The summed E-state index contributed by atoms with van der Waals surface area (Å²) in [5.74, 6) is 0.851. The minimum Gasteiger partial charge on any atom is -0.496 e. The number of hydrogen-bond donors (Lipinski definition) is 1. The molecule has 0 radical (unpaired) electrons. The molecule has 0 spiro atoms. The highest BCUT2D eigenvalue weighted by molar-refractivity contribution is 7.89. The smallest absolute Gasteiger partial charge is 0.242 e. The first-order chi connectivity index (χ1) is 14.0. The zero-order chi connectivity index (χ0) is 20.4. The Hall–Kier alpha value is -2.12. The van der Waals surface area contributed by atoms with Crippen LogP contribution in [0.1, 0.15) is 12.0 Å². The van der Waals surface area contributed by atoms with Gasteiger partial charge in [0.2, 0.25) is 10.0 Å². The summed E-state index contributed by atoms with van der Waals surface area (Å²) >= 11 is 6.08. The molecule has 1 aliphatic rings. The number of nitrogens with zero attached hydrogens (tertiary/aromatic N) is 1. The third-order valence-electron chi connectivity index (χ3n) is 5.32.